The number of alkyl halides is 1. The maximum Gasteiger partial charge on any atom is 0.408 e. The van der Waals surface area contributed by atoms with E-state index >= 15 is 0 Å². The predicted octanol–water partition coefficient (Wildman–Crippen LogP) is 3.82. The van der Waals surface area contributed by atoms with Gasteiger partial charge >= 0.3 is 18.0 Å². The Morgan fingerprint density at radius 1 is 1.04 bits per heavy atom. The van der Waals surface area contributed by atoms with Gasteiger partial charge in [0.1, 0.15) is 17.2 Å². The molecular weight excluding hydrogens is 386 g/mol. The number of carbonyl (C=O) groups is 3. The number of halogens is 1. The van der Waals surface area contributed by atoms with Gasteiger partial charge in [0.25, 0.3) is 0 Å². The van der Waals surface area contributed by atoms with Gasteiger partial charge in [-0.2, -0.15) is 0 Å². The third kappa shape index (κ3) is 9.08. The van der Waals surface area contributed by atoms with Gasteiger partial charge < -0.3 is 19.5 Å². The van der Waals surface area contributed by atoms with Gasteiger partial charge in [0.2, 0.25) is 0 Å². The third-order valence-corrected chi connectivity index (χ3v) is 3.28. The van der Waals surface area contributed by atoms with E-state index in [9.17, 15) is 14.4 Å². The van der Waals surface area contributed by atoms with E-state index in [1.165, 1.54) is 0 Å². The lowest BCUT2D eigenvalue weighted by Gasteiger charge is -2.26. The van der Waals surface area contributed by atoms with Crippen molar-refractivity contribution in [2.75, 3.05) is 6.07 Å². The summed E-state index contributed by atoms with van der Waals surface area (Å²) in [5.41, 5.74) is -0.514. The van der Waals surface area contributed by atoms with Gasteiger partial charge in [-0.05, 0) is 59.2 Å². The van der Waals surface area contributed by atoms with Crippen LogP contribution in [0.4, 0.5) is 4.79 Å². The number of amides is 1. The number of alkyl carbamates (subject to hydrolysis) is 1. The summed E-state index contributed by atoms with van der Waals surface area (Å²) < 4.78 is 15.4. The Morgan fingerprint density at radius 2 is 1.64 bits per heavy atom. The molecule has 0 aliphatic rings. The SMILES string of the molecule is CC(C)(C)OC(=O)N[C@@H](Cc1cccc(C(=O)OCCl)c1)C(=O)OC(C)(C)C. The van der Waals surface area contributed by atoms with Gasteiger partial charge in [0.05, 0.1) is 5.56 Å². The summed E-state index contributed by atoms with van der Waals surface area (Å²) in [5.74, 6) is -1.18. The fourth-order valence-corrected chi connectivity index (χ4v) is 2.31. The van der Waals surface area contributed by atoms with Crippen molar-refractivity contribution in [2.24, 2.45) is 0 Å². The fraction of sp³-hybridized carbons (Fsp3) is 0.550. The van der Waals surface area contributed by atoms with E-state index in [-0.39, 0.29) is 12.5 Å². The molecule has 0 fully saturated rings. The van der Waals surface area contributed by atoms with Crippen LogP contribution in [0.2, 0.25) is 0 Å². The van der Waals surface area contributed by atoms with Crippen molar-refractivity contribution < 1.29 is 28.6 Å². The maximum absolute atomic E-state index is 12.6. The lowest BCUT2D eigenvalue weighted by molar-refractivity contribution is -0.157. The molecular formula is C20H28ClNO6. The predicted molar refractivity (Wildman–Crippen MR) is 105 cm³/mol. The second kappa shape index (κ2) is 9.78. The molecule has 0 heterocycles. The van der Waals surface area contributed by atoms with E-state index in [2.05, 4.69) is 5.32 Å². The first-order chi connectivity index (χ1) is 12.8. The quantitative estimate of drug-likeness (QED) is 0.433. The number of carbonyl (C=O) groups excluding carboxylic acids is 3. The average Bonchev–Trinajstić information content (AvgIpc) is 2.51. The van der Waals surface area contributed by atoms with Crippen LogP contribution in [0.5, 0.6) is 0 Å². The molecule has 0 unspecified atom stereocenters. The molecule has 0 aromatic heterocycles. The summed E-state index contributed by atoms with van der Waals surface area (Å²) in [4.78, 5) is 36.6. The molecule has 1 rings (SSSR count). The van der Waals surface area contributed by atoms with E-state index in [1.807, 2.05) is 0 Å². The number of hydrogen-bond donors (Lipinski definition) is 1. The summed E-state index contributed by atoms with van der Waals surface area (Å²) in [6.07, 6.45) is -0.628. The Hall–Kier alpha value is -2.28. The number of benzene rings is 1. The monoisotopic (exact) mass is 413 g/mol. The summed E-state index contributed by atoms with van der Waals surface area (Å²) >= 11 is 5.42. The highest BCUT2D eigenvalue weighted by atomic mass is 35.5. The van der Waals surface area contributed by atoms with Crippen LogP contribution in [0.25, 0.3) is 0 Å². The molecule has 0 aliphatic carbocycles. The molecule has 1 atom stereocenters. The van der Waals surface area contributed by atoms with Crippen molar-refractivity contribution in [3.8, 4) is 0 Å². The van der Waals surface area contributed by atoms with Gasteiger partial charge in [-0.3, -0.25) is 0 Å². The Balaban J connectivity index is 3.02. The normalized spacial score (nSPS) is 12.7. The van der Waals surface area contributed by atoms with Crippen molar-refractivity contribution >= 4 is 29.6 Å². The van der Waals surface area contributed by atoms with Gasteiger partial charge in [0.15, 0.2) is 6.07 Å². The number of hydrogen-bond acceptors (Lipinski definition) is 6. The lowest BCUT2D eigenvalue weighted by atomic mass is 10.0. The molecule has 0 bridgehead atoms. The second-order valence-electron chi connectivity index (χ2n) is 8.18. The minimum atomic E-state index is -0.992. The summed E-state index contributed by atoms with van der Waals surface area (Å²) in [7, 11) is 0. The van der Waals surface area contributed by atoms with Crippen LogP contribution in [-0.4, -0.2) is 41.3 Å². The Labute approximate surface area is 170 Å². The Kier molecular flexibility index (Phi) is 8.29. The molecule has 1 aromatic carbocycles. The standard InChI is InChI=1S/C20H28ClNO6/c1-19(2,3)27-17(24)15(22-18(25)28-20(4,5)6)11-13-8-7-9-14(10-13)16(23)26-12-21/h7-10,15H,11-12H2,1-6H3,(H,22,25)/t15-/m0/s1. The Bertz CT molecular complexity index is 705. The highest BCUT2D eigenvalue weighted by Gasteiger charge is 2.29. The minimum Gasteiger partial charge on any atom is -0.458 e. The first-order valence-corrected chi connectivity index (χ1v) is 9.38. The van der Waals surface area contributed by atoms with E-state index in [1.54, 1.807) is 65.8 Å². The van der Waals surface area contributed by atoms with Gasteiger partial charge in [-0.25, -0.2) is 14.4 Å². The van der Waals surface area contributed by atoms with E-state index in [0.717, 1.165) is 0 Å². The van der Waals surface area contributed by atoms with Crippen molar-refractivity contribution in [1.29, 1.82) is 0 Å². The zero-order chi connectivity index (χ0) is 21.5. The molecule has 1 aromatic rings. The molecule has 156 valence electrons. The molecule has 28 heavy (non-hydrogen) atoms. The molecule has 0 saturated carbocycles. The van der Waals surface area contributed by atoms with Crippen LogP contribution < -0.4 is 5.32 Å². The largest absolute Gasteiger partial charge is 0.458 e. The van der Waals surface area contributed by atoms with Crippen LogP contribution in [0, 0.1) is 0 Å². The van der Waals surface area contributed by atoms with Gasteiger partial charge in [0, 0.05) is 6.42 Å². The average molecular weight is 414 g/mol. The first kappa shape index (κ1) is 23.8. The number of rotatable bonds is 6. The summed E-state index contributed by atoms with van der Waals surface area (Å²) in [5, 5.41) is 2.55. The van der Waals surface area contributed by atoms with Crippen molar-refractivity contribution in [3.63, 3.8) is 0 Å². The van der Waals surface area contributed by atoms with Crippen molar-refractivity contribution in [3.05, 3.63) is 35.4 Å². The molecule has 0 aliphatic heterocycles. The zero-order valence-electron chi connectivity index (χ0n) is 17.1. The number of ether oxygens (including phenoxy) is 3. The van der Waals surface area contributed by atoms with Crippen LogP contribution in [0.3, 0.4) is 0 Å². The lowest BCUT2D eigenvalue weighted by Crippen LogP contribution is -2.47. The first-order valence-electron chi connectivity index (χ1n) is 8.85. The topological polar surface area (TPSA) is 90.9 Å². The van der Waals surface area contributed by atoms with Crippen LogP contribution in [0.15, 0.2) is 24.3 Å². The molecule has 7 nitrogen and oxygen atoms in total. The van der Waals surface area contributed by atoms with E-state index in [0.29, 0.717) is 11.1 Å². The molecule has 1 N–H and O–H groups in total. The zero-order valence-corrected chi connectivity index (χ0v) is 17.9. The highest BCUT2D eigenvalue weighted by Crippen LogP contribution is 2.15. The minimum absolute atomic E-state index is 0.107. The van der Waals surface area contributed by atoms with Crippen LogP contribution in [-0.2, 0) is 25.4 Å². The van der Waals surface area contributed by atoms with Gasteiger partial charge in [-0.1, -0.05) is 23.7 Å². The Morgan fingerprint density at radius 3 is 2.18 bits per heavy atom. The molecule has 0 saturated heterocycles. The fourth-order valence-electron chi connectivity index (χ4n) is 2.21. The summed E-state index contributed by atoms with van der Waals surface area (Å²) in [6, 6.07) is 5.27. The van der Waals surface area contributed by atoms with Crippen LogP contribution >= 0.6 is 11.6 Å². The maximum atomic E-state index is 12.6. The highest BCUT2D eigenvalue weighted by molar-refractivity contribution is 6.17. The molecule has 1 amide bonds. The summed E-state index contributed by atoms with van der Waals surface area (Å²) in [6.45, 7) is 10.4. The van der Waals surface area contributed by atoms with Crippen molar-refractivity contribution in [2.45, 2.75) is 65.2 Å². The molecule has 0 spiro atoms. The van der Waals surface area contributed by atoms with E-state index in [4.69, 9.17) is 25.8 Å². The number of esters is 2. The number of nitrogens with one attached hydrogen (secondary N) is 1. The molecule has 8 heteroatoms. The molecule has 0 radical (unpaired) electrons. The van der Waals surface area contributed by atoms with Crippen LogP contribution in [0.1, 0.15) is 57.5 Å². The third-order valence-electron chi connectivity index (χ3n) is 3.17. The second-order valence-corrected chi connectivity index (χ2v) is 8.40. The van der Waals surface area contributed by atoms with E-state index < -0.39 is 35.3 Å². The van der Waals surface area contributed by atoms with Crippen molar-refractivity contribution in [1.82, 2.24) is 5.32 Å². The van der Waals surface area contributed by atoms with Gasteiger partial charge in [-0.15, -0.1) is 0 Å². The smallest absolute Gasteiger partial charge is 0.408 e.